The zero-order valence-electron chi connectivity index (χ0n) is 12.1. The maximum absolute atomic E-state index is 12.8. The summed E-state index contributed by atoms with van der Waals surface area (Å²) in [5, 5.41) is 4.03. The fraction of sp³-hybridized carbons (Fsp3) is 0.188. The average molecular weight is 317 g/mol. The van der Waals surface area contributed by atoms with Crippen molar-refractivity contribution in [3.8, 4) is 0 Å². The van der Waals surface area contributed by atoms with Crippen LogP contribution >= 0.6 is 11.8 Å². The van der Waals surface area contributed by atoms with Crippen LogP contribution in [-0.4, -0.2) is 22.4 Å². The molecule has 0 fully saturated rings. The third-order valence-corrected chi connectivity index (χ3v) is 3.81. The second-order valence-electron chi connectivity index (χ2n) is 4.50. The summed E-state index contributed by atoms with van der Waals surface area (Å²) in [4.78, 5) is 16.8. The van der Waals surface area contributed by atoms with E-state index >= 15 is 0 Å². The van der Waals surface area contributed by atoms with Gasteiger partial charge in [-0.1, -0.05) is 6.07 Å². The zero-order valence-corrected chi connectivity index (χ0v) is 12.9. The molecule has 0 bridgehead atoms. The minimum Gasteiger partial charge on any atom is -0.273 e. The molecule has 0 saturated carbocycles. The van der Waals surface area contributed by atoms with E-state index in [2.05, 4.69) is 15.5 Å². The minimum absolute atomic E-state index is 0.162. The summed E-state index contributed by atoms with van der Waals surface area (Å²) in [5.74, 6) is 0.182. The van der Waals surface area contributed by atoms with Crippen LogP contribution in [0.2, 0.25) is 0 Å². The monoisotopic (exact) mass is 317 g/mol. The van der Waals surface area contributed by atoms with Crippen molar-refractivity contribution in [3.05, 3.63) is 60.2 Å². The van der Waals surface area contributed by atoms with Crippen LogP contribution in [0.25, 0.3) is 0 Å². The van der Waals surface area contributed by atoms with Gasteiger partial charge in [0.1, 0.15) is 5.82 Å². The normalized spacial score (nSPS) is 11.3. The highest BCUT2D eigenvalue weighted by Crippen LogP contribution is 2.18. The molecule has 1 aromatic carbocycles. The van der Waals surface area contributed by atoms with E-state index in [9.17, 15) is 9.18 Å². The molecule has 0 radical (unpaired) electrons. The van der Waals surface area contributed by atoms with E-state index < -0.39 is 0 Å². The predicted octanol–water partition coefficient (Wildman–Crippen LogP) is 3.24. The number of benzene rings is 1. The molecule has 6 heteroatoms. The number of halogens is 1. The molecule has 22 heavy (non-hydrogen) atoms. The number of hydrogen-bond donors (Lipinski definition) is 1. The molecule has 0 aliphatic rings. The van der Waals surface area contributed by atoms with Crippen molar-refractivity contribution in [2.24, 2.45) is 5.10 Å². The molecule has 2 aromatic rings. The molecule has 1 heterocycles. The first-order chi connectivity index (χ1) is 10.6. The lowest BCUT2D eigenvalue weighted by Crippen LogP contribution is -2.19. The van der Waals surface area contributed by atoms with Gasteiger partial charge in [0, 0.05) is 23.3 Å². The Morgan fingerprint density at radius 2 is 2.05 bits per heavy atom. The summed E-state index contributed by atoms with van der Waals surface area (Å²) in [7, 11) is 0. The van der Waals surface area contributed by atoms with E-state index in [0.29, 0.717) is 17.9 Å². The van der Waals surface area contributed by atoms with Crippen molar-refractivity contribution in [2.75, 3.05) is 5.75 Å². The number of hydrazone groups is 1. The van der Waals surface area contributed by atoms with Crippen LogP contribution in [0.15, 0.2) is 58.7 Å². The molecule has 1 N–H and O–H groups in total. The van der Waals surface area contributed by atoms with E-state index in [0.717, 1.165) is 10.6 Å². The molecular formula is C16H16FN3OS. The maximum Gasteiger partial charge on any atom is 0.240 e. The van der Waals surface area contributed by atoms with Gasteiger partial charge in [-0.25, -0.2) is 9.82 Å². The number of aromatic nitrogens is 1. The number of thioether (sulfide) groups is 1. The van der Waals surface area contributed by atoms with E-state index in [1.165, 1.54) is 23.9 Å². The molecule has 2 rings (SSSR count). The highest BCUT2D eigenvalue weighted by Gasteiger charge is 2.03. The second kappa shape index (κ2) is 8.29. The first-order valence-corrected chi connectivity index (χ1v) is 7.76. The highest BCUT2D eigenvalue weighted by molar-refractivity contribution is 7.99. The van der Waals surface area contributed by atoms with Crippen molar-refractivity contribution >= 4 is 23.4 Å². The zero-order chi connectivity index (χ0) is 15.8. The minimum atomic E-state index is -0.263. The Morgan fingerprint density at radius 1 is 1.27 bits per heavy atom. The molecule has 0 atom stereocenters. The lowest BCUT2D eigenvalue weighted by molar-refractivity contribution is -0.120. The predicted molar refractivity (Wildman–Crippen MR) is 86.3 cm³/mol. The van der Waals surface area contributed by atoms with Crippen molar-refractivity contribution in [2.45, 2.75) is 18.2 Å². The SMILES string of the molecule is C/C(=N/NC(=O)CCSc1ccc(F)cc1)c1ccccn1. The first-order valence-electron chi connectivity index (χ1n) is 6.78. The Labute approximate surface area is 132 Å². The lowest BCUT2D eigenvalue weighted by atomic mass is 10.3. The van der Waals surface area contributed by atoms with Gasteiger partial charge in [0.2, 0.25) is 5.91 Å². The van der Waals surface area contributed by atoms with Crippen LogP contribution < -0.4 is 5.43 Å². The standard InChI is InChI=1S/C16H16FN3OS/c1-12(15-4-2-3-10-18-15)19-20-16(21)9-11-22-14-7-5-13(17)6-8-14/h2-8,10H,9,11H2,1H3,(H,20,21)/b19-12-. The summed E-state index contributed by atoms with van der Waals surface area (Å²) in [6.07, 6.45) is 2.01. The summed E-state index contributed by atoms with van der Waals surface area (Å²) < 4.78 is 12.8. The number of carbonyl (C=O) groups is 1. The number of carbonyl (C=O) groups excluding carboxylic acids is 1. The fourth-order valence-corrected chi connectivity index (χ4v) is 2.48. The summed E-state index contributed by atoms with van der Waals surface area (Å²) in [6.45, 7) is 1.79. The van der Waals surface area contributed by atoms with E-state index in [1.54, 1.807) is 25.3 Å². The Bertz CT molecular complexity index is 644. The molecule has 0 aliphatic carbocycles. The fourth-order valence-electron chi connectivity index (χ4n) is 1.63. The van der Waals surface area contributed by atoms with Crippen molar-refractivity contribution < 1.29 is 9.18 Å². The number of amides is 1. The Morgan fingerprint density at radius 3 is 2.73 bits per heavy atom. The van der Waals surface area contributed by atoms with Crippen LogP contribution in [0, 0.1) is 5.82 Å². The third kappa shape index (κ3) is 5.29. The van der Waals surface area contributed by atoms with Gasteiger partial charge in [0.05, 0.1) is 11.4 Å². The number of hydrogen-bond acceptors (Lipinski definition) is 4. The Kier molecular flexibility index (Phi) is 6.09. The number of nitrogens with zero attached hydrogens (tertiary/aromatic N) is 2. The number of rotatable bonds is 6. The van der Waals surface area contributed by atoms with Gasteiger partial charge in [0.15, 0.2) is 0 Å². The van der Waals surface area contributed by atoms with Gasteiger partial charge < -0.3 is 0 Å². The molecule has 4 nitrogen and oxygen atoms in total. The smallest absolute Gasteiger partial charge is 0.240 e. The highest BCUT2D eigenvalue weighted by atomic mass is 32.2. The van der Waals surface area contributed by atoms with Crippen LogP contribution in [-0.2, 0) is 4.79 Å². The molecule has 0 spiro atoms. The molecule has 1 amide bonds. The summed E-state index contributed by atoms with van der Waals surface area (Å²) >= 11 is 1.50. The molecule has 1 aromatic heterocycles. The van der Waals surface area contributed by atoms with Crippen molar-refractivity contribution in [1.82, 2.24) is 10.4 Å². The van der Waals surface area contributed by atoms with Gasteiger partial charge >= 0.3 is 0 Å². The Hall–Kier alpha value is -2.21. The van der Waals surface area contributed by atoms with Gasteiger partial charge in [-0.3, -0.25) is 9.78 Å². The second-order valence-corrected chi connectivity index (χ2v) is 5.67. The largest absolute Gasteiger partial charge is 0.273 e. The quantitative estimate of drug-likeness (QED) is 0.505. The lowest BCUT2D eigenvalue weighted by Gasteiger charge is -2.03. The van der Waals surface area contributed by atoms with Gasteiger partial charge in [-0.15, -0.1) is 11.8 Å². The van der Waals surface area contributed by atoms with E-state index in [4.69, 9.17) is 0 Å². The summed E-state index contributed by atoms with van der Waals surface area (Å²) in [5.41, 5.74) is 3.89. The van der Waals surface area contributed by atoms with Crippen molar-refractivity contribution in [3.63, 3.8) is 0 Å². The topological polar surface area (TPSA) is 54.4 Å². The van der Waals surface area contributed by atoms with Gasteiger partial charge in [-0.2, -0.15) is 5.10 Å². The molecule has 114 valence electrons. The molecule has 0 unspecified atom stereocenters. The van der Waals surface area contributed by atoms with E-state index in [1.807, 2.05) is 18.2 Å². The van der Waals surface area contributed by atoms with Crippen molar-refractivity contribution in [1.29, 1.82) is 0 Å². The first kappa shape index (κ1) is 16.2. The molecular weight excluding hydrogens is 301 g/mol. The average Bonchev–Trinajstić information content (AvgIpc) is 2.55. The molecule has 0 saturated heterocycles. The molecule has 0 aliphatic heterocycles. The number of nitrogens with one attached hydrogen (secondary N) is 1. The van der Waals surface area contributed by atoms with Crippen LogP contribution in [0.5, 0.6) is 0 Å². The van der Waals surface area contributed by atoms with Gasteiger partial charge in [0.25, 0.3) is 0 Å². The maximum atomic E-state index is 12.8. The Balaban J connectivity index is 1.75. The number of pyridine rings is 1. The van der Waals surface area contributed by atoms with Crippen LogP contribution in [0.1, 0.15) is 19.0 Å². The van der Waals surface area contributed by atoms with Gasteiger partial charge in [-0.05, 0) is 43.3 Å². The third-order valence-electron chi connectivity index (χ3n) is 2.80. The van der Waals surface area contributed by atoms with E-state index in [-0.39, 0.29) is 11.7 Å². The summed E-state index contributed by atoms with van der Waals surface area (Å²) in [6, 6.07) is 11.7. The van der Waals surface area contributed by atoms with Crippen LogP contribution in [0.3, 0.4) is 0 Å². The van der Waals surface area contributed by atoms with Crippen LogP contribution in [0.4, 0.5) is 4.39 Å².